The monoisotopic (exact) mass is 268 g/mol. The Labute approximate surface area is 108 Å². The highest BCUT2D eigenvalue weighted by atomic mass is 19.1. The topological polar surface area (TPSA) is 81.5 Å². The van der Waals surface area contributed by atoms with Crippen LogP contribution in [-0.2, 0) is 9.53 Å². The van der Waals surface area contributed by atoms with Gasteiger partial charge in [0.05, 0.1) is 18.0 Å². The minimum Gasteiger partial charge on any atom is -0.469 e. The first-order valence-corrected chi connectivity index (χ1v) is 5.79. The van der Waals surface area contributed by atoms with E-state index in [0.29, 0.717) is 12.8 Å². The molecule has 0 aliphatic heterocycles. The van der Waals surface area contributed by atoms with Gasteiger partial charge in [-0.3, -0.25) is 14.9 Å². The number of halogens is 1. The normalized spacial score (nSPS) is 21.4. The summed E-state index contributed by atoms with van der Waals surface area (Å²) in [5.74, 6) is -1.01. The van der Waals surface area contributed by atoms with Crippen molar-refractivity contribution in [2.75, 3.05) is 12.4 Å². The van der Waals surface area contributed by atoms with Gasteiger partial charge in [-0.05, 0) is 18.9 Å². The predicted octanol–water partition coefficient (Wildman–Crippen LogP) is 2.10. The Morgan fingerprint density at radius 1 is 1.53 bits per heavy atom. The van der Waals surface area contributed by atoms with Crippen molar-refractivity contribution in [1.29, 1.82) is 0 Å². The summed E-state index contributed by atoms with van der Waals surface area (Å²) >= 11 is 0. The van der Waals surface area contributed by atoms with Crippen LogP contribution in [0.5, 0.6) is 0 Å². The minimum absolute atomic E-state index is 0.0791. The molecule has 1 N–H and O–H groups in total. The van der Waals surface area contributed by atoms with E-state index in [1.54, 1.807) is 0 Å². The van der Waals surface area contributed by atoms with Crippen LogP contribution < -0.4 is 5.32 Å². The van der Waals surface area contributed by atoms with Crippen molar-refractivity contribution in [3.8, 4) is 0 Å². The first-order chi connectivity index (χ1) is 9.01. The number of carbonyl (C=O) groups is 1. The van der Waals surface area contributed by atoms with E-state index in [-0.39, 0.29) is 29.3 Å². The Bertz CT molecular complexity index is 514. The number of hydrogen-bond donors (Lipinski definition) is 1. The maximum atomic E-state index is 13.1. The fraction of sp³-hybridized carbons (Fsp3) is 0.417. The van der Waals surface area contributed by atoms with Crippen LogP contribution in [0.4, 0.5) is 15.8 Å². The molecule has 2 rings (SSSR count). The Hall–Kier alpha value is -2.18. The van der Waals surface area contributed by atoms with E-state index in [2.05, 4.69) is 10.1 Å². The Balaban J connectivity index is 2.03. The van der Waals surface area contributed by atoms with Crippen LogP contribution in [0.15, 0.2) is 18.2 Å². The zero-order valence-corrected chi connectivity index (χ0v) is 10.3. The number of nitro benzene ring substituents is 1. The number of anilines is 1. The van der Waals surface area contributed by atoms with Crippen molar-refractivity contribution >= 4 is 17.3 Å². The van der Waals surface area contributed by atoms with E-state index in [0.717, 1.165) is 18.2 Å². The third-order valence-corrected chi connectivity index (χ3v) is 3.19. The molecule has 1 aliphatic carbocycles. The van der Waals surface area contributed by atoms with Gasteiger partial charge in [-0.25, -0.2) is 4.39 Å². The van der Waals surface area contributed by atoms with Gasteiger partial charge < -0.3 is 10.1 Å². The van der Waals surface area contributed by atoms with Crippen molar-refractivity contribution in [3.05, 3.63) is 34.1 Å². The third-order valence-electron chi connectivity index (χ3n) is 3.19. The van der Waals surface area contributed by atoms with Crippen molar-refractivity contribution in [1.82, 2.24) is 0 Å². The average molecular weight is 268 g/mol. The van der Waals surface area contributed by atoms with Gasteiger partial charge in [0.25, 0.3) is 5.69 Å². The lowest BCUT2D eigenvalue weighted by atomic mass is 9.80. The standard InChI is InChI=1S/C12H13FN2O4/c1-19-12(16)7-4-9(5-7)14-10-6-8(13)2-3-11(10)15(17)18/h2-3,6-7,9,14H,4-5H2,1H3/t7-,9+. The van der Waals surface area contributed by atoms with Gasteiger partial charge >= 0.3 is 5.97 Å². The number of nitrogens with zero attached hydrogens (tertiary/aromatic N) is 1. The summed E-state index contributed by atoms with van der Waals surface area (Å²) in [5.41, 5.74) is -0.0405. The van der Waals surface area contributed by atoms with Crippen molar-refractivity contribution in [3.63, 3.8) is 0 Å². The molecule has 19 heavy (non-hydrogen) atoms. The Morgan fingerprint density at radius 2 is 2.21 bits per heavy atom. The number of carbonyl (C=O) groups excluding carboxylic acids is 1. The molecule has 1 aromatic carbocycles. The fourth-order valence-electron chi connectivity index (χ4n) is 2.10. The summed E-state index contributed by atoms with van der Waals surface area (Å²) in [6.45, 7) is 0. The zero-order valence-electron chi connectivity index (χ0n) is 10.3. The number of ether oxygens (including phenoxy) is 1. The second-order valence-corrected chi connectivity index (χ2v) is 4.45. The molecule has 0 spiro atoms. The molecule has 0 saturated heterocycles. The minimum atomic E-state index is -0.571. The Kier molecular flexibility index (Phi) is 3.64. The van der Waals surface area contributed by atoms with E-state index in [9.17, 15) is 19.3 Å². The third kappa shape index (κ3) is 2.81. The van der Waals surface area contributed by atoms with E-state index >= 15 is 0 Å². The maximum absolute atomic E-state index is 13.1. The first-order valence-electron chi connectivity index (χ1n) is 5.79. The molecule has 0 unspecified atom stereocenters. The highest BCUT2D eigenvalue weighted by molar-refractivity contribution is 5.74. The van der Waals surface area contributed by atoms with E-state index < -0.39 is 10.7 Å². The summed E-state index contributed by atoms with van der Waals surface area (Å²) in [4.78, 5) is 21.4. The number of benzene rings is 1. The number of esters is 1. The predicted molar refractivity (Wildman–Crippen MR) is 65.2 cm³/mol. The summed E-state index contributed by atoms with van der Waals surface area (Å²) in [5, 5.41) is 13.7. The molecule has 6 nitrogen and oxygen atoms in total. The molecular formula is C12H13FN2O4. The molecule has 0 aromatic heterocycles. The average Bonchev–Trinajstić information content (AvgIpc) is 2.32. The van der Waals surface area contributed by atoms with Crippen molar-refractivity contribution in [2.24, 2.45) is 5.92 Å². The lowest BCUT2D eigenvalue weighted by Gasteiger charge is -2.34. The second kappa shape index (κ2) is 5.21. The van der Waals surface area contributed by atoms with E-state index in [1.165, 1.54) is 7.11 Å². The molecule has 0 heterocycles. The second-order valence-electron chi connectivity index (χ2n) is 4.45. The van der Waals surface area contributed by atoms with Gasteiger partial charge in [-0.2, -0.15) is 0 Å². The van der Waals surface area contributed by atoms with Gasteiger partial charge in [-0.1, -0.05) is 0 Å². The smallest absolute Gasteiger partial charge is 0.308 e. The van der Waals surface area contributed by atoms with Crippen LogP contribution in [-0.4, -0.2) is 24.0 Å². The summed E-state index contributed by atoms with van der Waals surface area (Å²) in [6.07, 6.45) is 1.06. The lowest BCUT2D eigenvalue weighted by Crippen LogP contribution is -2.40. The molecule has 102 valence electrons. The SMILES string of the molecule is COC(=O)[C@H]1C[C@@H](Nc2cc(F)ccc2[N+](=O)[O-])C1. The highest BCUT2D eigenvalue weighted by Crippen LogP contribution is 2.34. The number of rotatable bonds is 4. The molecular weight excluding hydrogens is 255 g/mol. The number of methoxy groups -OCH3 is 1. The van der Waals surface area contributed by atoms with Crippen LogP contribution in [0, 0.1) is 21.8 Å². The van der Waals surface area contributed by atoms with Crippen molar-refractivity contribution in [2.45, 2.75) is 18.9 Å². The number of nitro groups is 1. The summed E-state index contributed by atoms with van der Waals surface area (Å²) < 4.78 is 17.7. The van der Waals surface area contributed by atoms with E-state index in [4.69, 9.17) is 0 Å². The molecule has 1 aliphatic rings. The largest absolute Gasteiger partial charge is 0.469 e. The Morgan fingerprint density at radius 3 is 2.79 bits per heavy atom. The van der Waals surface area contributed by atoms with Gasteiger partial charge in [0, 0.05) is 18.2 Å². The summed E-state index contributed by atoms with van der Waals surface area (Å²) in [7, 11) is 1.32. The molecule has 0 radical (unpaired) electrons. The number of hydrogen-bond acceptors (Lipinski definition) is 5. The molecule has 0 atom stereocenters. The van der Waals surface area contributed by atoms with Crippen molar-refractivity contribution < 1.29 is 18.8 Å². The first kappa shape index (κ1) is 13.3. The summed E-state index contributed by atoms with van der Waals surface area (Å²) in [6, 6.07) is 3.17. The fourth-order valence-corrected chi connectivity index (χ4v) is 2.10. The molecule has 0 amide bonds. The van der Waals surface area contributed by atoms with Gasteiger partial charge in [0.1, 0.15) is 11.5 Å². The molecule has 7 heteroatoms. The molecule has 0 bridgehead atoms. The van der Waals surface area contributed by atoms with Crippen LogP contribution in [0.25, 0.3) is 0 Å². The highest BCUT2D eigenvalue weighted by Gasteiger charge is 2.36. The molecule has 1 fully saturated rings. The van der Waals surface area contributed by atoms with Crippen LogP contribution in [0.3, 0.4) is 0 Å². The zero-order chi connectivity index (χ0) is 14.0. The van der Waals surface area contributed by atoms with Crippen LogP contribution >= 0.6 is 0 Å². The van der Waals surface area contributed by atoms with Gasteiger partial charge in [0.15, 0.2) is 0 Å². The lowest BCUT2D eigenvalue weighted by molar-refractivity contribution is -0.384. The van der Waals surface area contributed by atoms with Crippen LogP contribution in [0.1, 0.15) is 12.8 Å². The molecule has 1 saturated carbocycles. The number of nitrogens with one attached hydrogen (secondary N) is 1. The van der Waals surface area contributed by atoms with Gasteiger partial charge in [-0.15, -0.1) is 0 Å². The molecule has 1 aromatic rings. The van der Waals surface area contributed by atoms with E-state index in [1.807, 2.05) is 0 Å². The quantitative estimate of drug-likeness (QED) is 0.513. The van der Waals surface area contributed by atoms with Gasteiger partial charge in [0.2, 0.25) is 0 Å². The maximum Gasteiger partial charge on any atom is 0.308 e. The van der Waals surface area contributed by atoms with Crippen LogP contribution in [0.2, 0.25) is 0 Å².